The molecule has 23 heavy (non-hydrogen) atoms. The van der Waals surface area contributed by atoms with E-state index in [-0.39, 0.29) is 18.1 Å². The van der Waals surface area contributed by atoms with Crippen molar-refractivity contribution in [1.82, 2.24) is 5.32 Å². The van der Waals surface area contributed by atoms with Gasteiger partial charge in [-0.3, -0.25) is 5.32 Å². The van der Waals surface area contributed by atoms with Gasteiger partial charge in [0.1, 0.15) is 5.60 Å². The van der Waals surface area contributed by atoms with Crippen LogP contribution < -0.4 is 10.6 Å². The quantitative estimate of drug-likeness (QED) is 0.747. The largest absolute Gasteiger partial charge is 0.444 e. The molecule has 0 heterocycles. The van der Waals surface area contributed by atoms with Crippen LogP contribution in [0.15, 0.2) is 24.3 Å². The van der Waals surface area contributed by atoms with E-state index in [9.17, 15) is 9.90 Å². The van der Waals surface area contributed by atoms with Crippen LogP contribution in [0.4, 0.5) is 10.5 Å². The summed E-state index contributed by atoms with van der Waals surface area (Å²) in [5.74, 6) is 0. The van der Waals surface area contributed by atoms with Crippen LogP contribution in [0, 0.1) is 5.41 Å². The van der Waals surface area contributed by atoms with Gasteiger partial charge in [0, 0.05) is 30.3 Å². The Hall–Kier alpha value is -1.59. The van der Waals surface area contributed by atoms with Crippen LogP contribution in [0.2, 0.25) is 0 Å². The number of carbonyl (C=O) groups is 1. The lowest BCUT2D eigenvalue weighted by molar-refractivity contribution is 0.0636. The summed E-state index contributed by atoms with van der Waals surface area (Å²) < 4.78 is 5.22. The molecule has 130 valence electrons. The van der Waals surface area contributed by atoms with E-state index in [1.807, 2.05) is 58.9 Å². The van der Waals surface area contributed by atoms with E-state index >= 15 is 0 Å². The first kappa shape index (κ1) is 19.5. The second-order valence-electron chi connectivity index (χ2n) is 7.67. The van der Waals surface area contributed by atoms with E-state index < -0.39 is 11.7 Å². The summed E-state index contributed by atoms with van der Waals surface area (Å²) in [6, 6.07) is 7.81. The number of hydrogen-bond donors (Lipinski definition) is 3. The molecule has 0 saturated heterocycles. The maximum absolute atomic E-state index is 11.7. The van der Waals surface area contributed by atoms with Crippen LogP contribution in [0.5, 0.6) is 0 Å². The van der Waals surface area contributed by atoms with Crippen LogP contribution >= 0.6 is 0 Å². The number of aliphatic hydroxyl groups excluding tert-OH is 1. The highest BCUT2D eigenvalue weighted by Crippen LogP contribution is 2.19. The summed E-state index contributed by atoms with van der Waals surface area (Å²) in [7, 11) is 0. The van der Waals surface area contributed by atoms with Crippen molar-refractivity contribution in [1.29, 1.82) is 0 Å². The van der Waals surface area contributed by atoms with Gasteiger partial charge in [-0.05, 0) is 45.4 Å². The Labute approximate surface area is 139 Å². The monoisotopic (exact) mass is 322 g/mol. The Balaban J connectivity index is 2.57. The van der Waals surface area contributed by atoms with E-state index in [0.717, 1.165) is 12.1 Å². The third kappa shape index (κ3) is 7.48. The van der Waals surface area contributed by atoms with Crippen molar-refractivity contribution in [2.45, 2.75) is 53.2 Å². The first-order chi connectivity index (χ1) is 10.5. The number of nitrogens with one attached hydrogen (secondary N) is 2. The van der Waals surface area contributed by atoms with Crippen molar-refractivity contribution in [2.75, 3.05) is 18.5 Å². The van der Waals surface area contributed by atoms with Crippen LogP contribution in [-0.2, 0) is 4.74 Å². The minimum atomic E-state index is -0.512. The minimum absolute atomic E-state index is 0.144. The molecule has 0 radical (unpaired) electrons. The van der Waals surface area contributed by atoms with Crippen molar-refractivity contribution >= 4 is 11.8 Å². The molecular weight excluding hydrogens is 292 g/mol. The smallest absolute Gasteiger partial charge is 0.412 e. The first-order valence-corrected chi connectivity index (χ1v) is 7.97. The Morgan fingerprint density at radius 2 is 1.74 bits per heavy atom. The van der Waals surface area contributed by atoms with Gasteiger partial charge in [-0.2, -0.15) is 0 Å². The molecule has 0 aromatic heterocycles. The Bertz CT molecular complexity index is 504. The standard InChI is InChI=1S/C18H30N2O3/c1-13(19-11-18(5,6)12-21)14-7-9-15(10-8-14)20-16(22)23-17(2,3)4/h7-10,13,19,21H,11-12H2,1-6H3,(H,20,22). The normalized spacial score (nSPS) is 13.5. The molecule has 5 nitrogen and oxygen atoms in total. The molecule has 1 rings (SSSR count). The van der Waals surface area contributed by atoms with Gasteiger partial charge in [0.2, 0.25) is 0 Å². The number of aliphatic hydroxyl groups is 1. The number of amides is 1. The van der Waals surface area contributed by atoms with E-state index in [4.69, 9.17) is 4.74 Å². The number of rotatable bonds is 6. The molecule has 0 aliphatic heterocycles. The van der Waals surface area contributed by atoms with E-state index in [1.54, 1.807) is 0 Å². The Morgan fingerprint density at radius 3 is 2.22 bits per heavy atom. The summed E-state index contributed by atoms with van der Waals surface area (Å²) >= 11 is 0. The molecule has 1 unspecified atom stereocenters. The maximum Gasteiger partial charge on any atom is 0.412 e. The second kappa shape index (κ2) is 7.79. The molecule has 1 aromatic rings. The molecule has 0 spiro atoms. The van der Waals surface area contributed by atoms with Gasteiger partial charge in [0.15, 0.2) is 0 Å². The van der Waals surface area contributed by atoms with Gasteiger partial charge in [-0.15, -0.1) is 0 Å². The molecule has 1 amide bonds. The summed E-state index contributed by atoms with van der Waals surface area (Å²) in [6.07, 6.45) is -0.457. The molecule has 0 fully saturated rings. The third-order valence-electron chi connectivity index (χ3n) is 3.37. The fourth-order valence-corrected chi connectivity index (χ4v) is 1.88. The summed E-state index contributed by atoms with van der Waals surface area (Å²) in [5, 5.41) is 15.4. The molecule has 5 heteroatoms. The fraction of sp³-hybridized carbons (Fsp3) is 0.611. The average molecular weight is 322 g/mol. The van der Waals surface area contributed by atoms with Crippen molar-refractivity contribution in [2.24, 2.45) is 5.41 Å². The number of hydrogen-bond acceptors (Lipinski definition) is 4. The topological polar surface area (TPSA) is 70.6 Å². The minimum Gasteiger partial charge on any atom is -0.444 e. The lowest BCUT2D eigenvalue weighted by Gasteiger charge is -2.25. The predicted octanol–water partition coefficient (Wildman–Crippen LogP) is 3.70. The number of ether oxygens (including phenoxy) is 1. The highest BCUT2D eigenvalue weighted by atomic mass is 16.6. The van der Waals surface area contributed by atoms with Crippen LogP contribution in [-0.4, -0.2) is 30.0 Å². The van der Waals surface area contributed by atoms with E-state index in [0.29, 0.717) is 5.69 Å². The zero-order valence-corrected chi connectivity index (χ0v) is 15.1. The Kier molecular flexibility index (Phi) is 6.59. The number of anilines is 1. The zero-order valence-electron chi connectivity index (χ0n) is 15.1. The number of carbonyl (C=O) groups excluding carboxylic acids is 1. The van der Waals surface area contributed by atoms with Gasteiger partial charge in [0.05, 0.1) is 0 Å². The van der Waals surface area contributed by atoms with E-state index in [1.165, 1.54) is 0 Å². The molecule has 0 aliphatic rings. The highest BCUT2D eigenvalue weighted by molar-refractivity contribution is 5.84. The highest BCUT2D eigenvalue weighted by Gasteiger charge is 2.18. The van der Waals surface area contributed by atoms with Gasteiger partial charge < -0.3 is 15.2 Å². The van der Waals surface area contributed by atoms with Crippen molar-refractivity contribution in [3.05, 3.63) is 29.8 Å². The predicted molar refractivity (Wildman–Crippen MR) is 93.6 cm³/mol. The van der Waals surface area contributed by atoms with Gasteiger partial charge in [-0.25, -0.2) is 4.79 Å². The molecule has 1 aromatic carbocycles. The number of benzene rings is 1. The summed E-state index contributed by atoms with van der Waals surface area (Å²) in [6.45, 7) is 12.5. The first-order valence-electron chi connectivity index (χ1n) is 7.97. The lowest BCUT2D eigenvalue weighted by atomic mass is 9.94. The molecule has 0 saturated carbocycles. The molecule has 1 atom stereocenters. The van der Waals surface area contributed by atoms with Crippen molar-refractivity contribution in [3.63, 3.8) is 0 Å². The lowest BCUT2D eigenvalue weighted by Crippen LogP contribution is -2.33. The van der Waals surface area contributed by atoms with Gasteiger partial charge in [0.25, 0.3) is 0 Å². The summed E-state index contributed by atoms with van der Waals surface area (Å²) in [4.78, 5) is 11.7. The fourth-order valence-electron chi connectivity index (χ4n) is 1.88. The maximum atomic E-state index is 11.7. The van der Waals surface area contributed by atoms with Gasteiger partial charge in [-0.1, -0.05) is 26.0 Å². The van der Waals surface area contributed by atoms with Crippen LogP contribution in [0.3, 0.4) is 0 Å². The Morgan fingerprint density at radius 1 is 1.17 bits per heavy atom. The SMILES string of the molecule is CC(NCC(C)(C)CO)c1ccc(NC(=O)OC(C)(C)C)cc1. The average Bonchev–Trinajstić information content (AvgIpc) is 2.43. The van der Waals surface area contributed by atoms with Crippen LogP contribution in [0.1, 0.15) is 53.1 Å². The molecule has 3 N–H and O–H groups in total. The van der Waals surface area contributed by atoms with Crippen molar-refractivity contribution < 1.29 is 14.6 Å². The second-order valence-corrected chi connectivity index (χ2v) is 7.67. The van der Waals surface area contributed by atoms with E-state index in [2.05, 4.69) is 17.6 Å². The zero-order chi connectivity index (χ0) is 17.7. The van der Waals surface area contributed by atoms with Crippen LogP contribution in [0.25, 0.3) is 0 Å². The molecular formula is C18H30N2O3. The molecule has 0 aliphatic carbocycles. The third-order valence-corrected chi connectivity index (χ3v) is 3.37. The molecule has 0 bridgehead atoms. The van der Waals surface area contributed by atoms with Gasteiger partial charge >= 0.3 is 6.09 Å². The van der Waals surface area contributed by atoms with Crippen molar-refractivity contribution in [3.8, 4) is 0 Å². The summed E-state index contributed by atoms with van der Waals surface area (Å²) in [5.41, 5.74) is 1.16.